The highest BCUT2D eigenvalue weighted by Crippen LogP contribution is 2.32. The number of sulfonamides is 1. The predicted octanol–water partition coefficient (Wildman–Crippen LogP) is 3.76. The second-order valence-corrected chi connectivity index (χ2v) is 9.65. The molecule has 1 aliphatic heterocycles. The van der Waals surface area contributed by atoms with Crippen molar-refractivity contribution in [2.45, 2.75) is 31.0 Å². The molecule has 1 fully saturated rings. The molecule has 1 amide bonds. The smallest absolute Gasteiger partial charge is 0.492 e. The molecule has 3 rings (SSSR count). The van der Waals surface area contributed by atoms with Crippen LogP contribution in [0.2, 0.25) is 0 Å². The Kier molecular flexibility index (Phi) is 9.03. The Morgan fingerprint density at radius 1 is 1.17 bits per heavy atom. The first-order chi connectivity index (χ1) is 17.0. The van der Waals surface area contributed by atoms with Gasteiger partial charge in [-0.2, -0.15) is 0 Å². The summed E-state index contributed by atoms with van der Waals surface area (Å²) in [5, 5.41) is 12.4. The first-order valence-corrected chi connectivity index (χ1v) is 12.7. The number of rotatable bonds is 10. The van der Waals surface area contributed by atoms with Gasteiger partial charge in [0.15, 0.2) is 0 Å². The van der Waals surface area contributed by atoms with E-state index >= 15 is 0 Å². The summed E-state index contributed by atoms with van der Waals surface area (Å²) in [6, 6.07) is 8.30. The molecular formula is C23H27F3N2O7S. The molecule has 0 aromatic heterocycles. The van der Waals surface area contributed by atoms with E-state index in [1.165, 1.54) is 30.3 Å². The average Bonchev–Trinajstić information content (AvgIpc) is 2.79. The van der Waals surface area contributed by atoms with Crippen LogP contribution in [0.3, 0.4) is 0 Å². The van der Waals surface area contributed by atoms with E-state index in [9.17, 15) is 31.5 Å². The summed E-state index contributed by atoms with van der Waals surface area (Å²) < 4.78 is 80.3. The number of ether oxygens (including phenoxy) is 3. The molecule has 0 radical (unpaired) electrons. The van der Waals surface area contributed by atoms with Gasteiger partial charge in [0.1, 0.15) is 16.4 Å². The van der Waals surface area contributed by atoms with E-state index in [0.717, 1.165) is 12.1 Å². The molecular weight excluding hydrogens is 505 g/mol. The van der Waals surface area contributed by atoms with Gasteiger partial charge in [-0.3, -0.25) is 9.52 Å². The summed E-state index contributed by atoms with van der Waals surface area (Å²) in [6.45, 7) is 2.42. The van der Waals surface area contributed by atoms with Crippen LogP contribution in [0.25, 0.3) is 0 Å². The van der Waals surface area contributed by atoms with Gasteiger partial charge in [-0.1, -0.05) is 6.07 Å². The minimum atomic E-state index is -4.93. The van der Waals surface area contributed by atoms with Gasteiger partial charge in [0.05, 0.1) is 24.8 Å². The lowest BCUT2D eigenvalue weighted by atomic mass is 9.86. The Morgan fingerprint density at radius 2 is 1.89 bits per heavy atom. The molecule has 1 aliphatic rings. The Bertz CT molecular complexity index is 1150. The highest BCUT2D eigenvalue weighted by molar-refractivity contribution is 7.92. The summed E-state index contributed by atoms with van der Waals surface area (Å²) in [6.07, 6.45) is -3.65. The minimum absolute atomic E-state index is 0.0453. The first kappa shape index (κ1) is 27.6. The Hall–Kier alpha value is -3.03. The third kappa shape index (κ3) is 7.48. The summed E-state index contributed by atoms with van der Waals surface area (Å²) in [5.74, 6) is -1.77. The van der Waals surface area contributed by atoms with E-state index in [0.29, 0.717) is 26.1 Å². The summed E-state index contributed by atoms with van der Waals surface area (Å²) in [4.78, 5) is 12.5. The maximum Gasteiger partial charge on any atom is 0.573 e. The lowest BCUT2D eigenvalue weighted by Crippen LogP contribution is -2.35. The Balaban J connectivity index is 1.80. The van der Waals surface area contributed by atoms with Crippen LogP contribution < -0.4 is 19.5 Å². The van der Waals surface area contributed by atoms with E-state index in [1.54, 1.807) is 6.92 Å². The number of hydrogen-bond donors (Lipinski definition) is 3. The van der Waals surface area contributed by atoms with Crippen molar-refractivity contribution in [3.63, 3.8) is 0 Å². The molecule has 1 unspecified atom stereocenters. The fourth-order valence-corrected chi connectivity index (χ4v) is 5.02. The van der Waals surface area contributed by atoms with E-state index in [-0.39, 0.29) is 41.2 Å². The molecule has 1 heterocycles. The van der Waals surface area contributed by atoms with Crippen LogP contribution in [-0.2, 0) is 19.6 Å². The van der Waals surface area contributed by atoms with Crippen molar-refractivity contribution in [2.24, 2.45) is 11.8 Å². The zero-order chi connectivity index (χ0) is 26.3. The predicted molar refractivity (Wildman–Crippen MR) is 124 cm³/mol. The van der Waals surface area contributed by atoms with Gasteiger partial charge in [0.25, 0.3) is 10.0 Å². The first-order valence-electron chi connectivity index (χ1n) is 11.2. The zero-order valence-electron chi connectivity index (χ0n) is 19.4. The molecule has 2 aromatic carbocycles. The molecule has 9 nitrogen and oxygen atoms in total. The summed E-state index contributed by atoms with van der Waals surface area (Å²) in [5.41, 5.74) is 0.104. The third-order valence-electron chi connectivity index (χ3n) is 5.49. The van der Waals surface area contributed by atoms with Gasteiger partial charge < -0.3 is 24.6 Å². The third-order valence-corrected chi connectivity index (χ3v) is 6.91. The van der Waals surface area contributed by atoms with Crippen molar-refractivity contribution < 1.29 is 45.7 Å². The zero-order valence-corrected chi connectivity index (χ0v) is 20.2. The normalized spacial score (nSPS) is 15.7. The highest BCUT2D eigenvalue weighted by atomic mass is 32.2. The minimum Gasteiger partial charge on any atom is -0.492 e. The maximum absolute atomic E-state index is 13.0. The van der Waals surface area contributed by atoms with E-state index in [2.05, 4.69) is 14.8 Å². The second-order valence-electron chi connectivity index (χ2n) is 8.00. The van der Waals surface area contributed by atoms with Crippen molar-refractivity contribution in [1.82, 2.24) is 0 Å². The Labute approximate surface area is 206 Å². The molecule has 13 heteroatoms. The monoisotopic (exact) mass is 532 g/mol. The van der Waals surface area contributed by atoms with E-state index < -0.39 is 34.0 Å². The molecule has 0 saturated carbocycles. The highest BCUT2D eigenvalue weighted by Gasteiger charge is 2.32. The molecule has 198 valence electrons. The number of aliphatic hydroxyl groups excluding tert-OH is 1. The fourth-order valence-electron chi connectivity index (χ4n) is 3.84. The van der Waals surface area contributed by atoms with Gasteiger partial charge in [-0.05, 0) is 49.9 Å². The van der Waals surface area contributed by atoms with Gasteiger partial charge in [-0.25, -0.2) is 8.42 Å². The molecule has 2 aromatic rings. The van der Waals surface area contributed by atoms with Crippen molar-refractivity contribution in [1.29, 1.82) is 0 Å². The number of carbonyl (C=O) groups is 1. The standard InChI is InChI=1S/C23H27F3N2O7S/c1-2-34-20-13-16(27-22(30)19(14-29)15-8-10-33-11-9-15)6-7-21(20)36(31,32)28-17-4-3-5-18(12-17)35-23(24,25)26/h3-7,12-13,15,19,28-29H,2,8-11,14H2,1H3,(H,27,30). The fraction of sp³-hybridized carbons (Fsp3) is 0.435. The summed E-state index contributed by atoms with van der Waals surface area (Å²) >= 11 is 0. The quantitative estimate of drug-likeness (QED) is 0.426. The largest absolute Gasteiger partial charge is 0.573 e. The van der Waals surface area contributed by atoms with Crippen molar-refractivity contribution >= 4 is 27.3 Å². The lowest BCUT2D eigenvalue weighted by molar-refractivity contribution is -0.274. The van der Waals surface area contributed by atoms with Crippen LogP contribution in [0.4, 0.5) is 24.5 Å². The molecule has 1 atom stereocenters. The molecule has 0 aliphatic carbocycles. The van der Waals surface area contributed by atoms with Crippen LogP contribution in [0, 0.1) is 11.8 Å². The number of aliphatic hydroxyl groups is 1. The number of hydrogen-bond acceptors (Lipinski definition) is 7. The van der Waals surface area contributed by atoms with Crippen LogP contribution >= 0.6 is 0 Å². The van der Waals surface area contributed by atoms with Crippen molar-refractivity contribution in [2.75, 3.05) is 36.5 Å². The van der Waals surface area contributed by atoms with Gasteiger partial charge in [0.2, 0.25) is 5.91 Å². The number of alkyl halides is 3. The van der Waals surface area contributed by atoms with E-state index in [1.807, 2.05) is 0 Å². The van der Waals surface area contributed by atoms with Crippen LogP contribution in [0.1, 0.15) is 19.8 Å². The lowest BCUT2D eigenvalue weighted by Gasteiger charge is -2.28. The van der Waals surface area contributed by atoms with Crippen LogP contribution in [0.5, 0.6) is 11.5 Å². The number of amides is 1. The van der Waals surface area contributed by atoms with Crippen molar-refractivity contribution in [3.05, 3.63) is 42.5 Å². The number of halogens is 3. The van der Waals surface area contributed by atoms with Gasteiger partial charge in [0, 0.05) is 31.0 Å². The number of anilines is 2. The topological polar surface area (TPSA) is 123 Å². The number of benzene rings is 2. The van der Waals surface area contributed by atoms with Gasteiger partial charge in [-0.15, -0.1) is 13.2 Å². The molecule has 3 N–H and O–H groups in total. The summed E-state index contributed by atoms with van der Waals surface area (Å²) in [7, 11) is -4.29. The molecule has 36 heavy (non-hydrogen) atoms. The molecule has 0 spiro atoms. The SMILES string of the molecule is CCOc1cc(NC(=O)C(CO)C2CCOCC2)ccc1S(=O)(=O)Nc1cccc(OC(F)(F)F)c1. The second kappa shape index (κ2) is 11.8. The van der Waals surface area contributed by atoms with Gasteiger partial charge >= 0.3 is 6.36 Å². The molecule has 0 bridgehead atoms. The maximum atomic E-state index is 13.0. The average molecular weight is 533 g/mol. The van der Waals surface area contributed by atoms with Crippen LogP contribution in [0.15, 0.2) is 47.4 Å². The molecule has 1 saturated heterocycles. The van der Waals surface area contributed by atoms with E-state index in [4.69, 9.17) is 9.47 Å². The number of nitrogens with one attached hydrogen (secondary N) is 2. The van der Waals surface area contributed by atoms with Crippen LogP contribution in [-0.4, -0.2) is 52.2 Å². The Morgan fingerprint density at radius 3 is 2.53 bits per heavy atom. The van der Waals surface area contributed by atoms with Crippen molar-refractivity contribution in [3.8, 4) is 11.5 Å². The number of carbonyl (C=O) groups excluding carboxylic acids is 1.